The van der Waals surface area contributed by atoms with E-state index in [9.17, 15) is 10.2 Å². The van der Waals surface area contributed by atoms with Crippen molar-refractivity contribution in [2.24, 2.45) is 0 Å². The van der Waals surface area contributed by atoms with E-state index >= 15 is 0 Å². The van der Waals surface area contributed by atoms with Crippen molar-refractivity contribution in [1.82, 2.24) is 0 Å². The average molecular weight is 220 g/mol. The van der Waals surface area contributed by atoms with Crippen LogP contribution in [0.4, 0.5) is 0 Å². The molecule has 0 amide bonds. The number of aliphatic hydroxyl groups excluding tert-OH is 1. The van der Waals surface area contributed by atoms with Crippen molar-refractivity contribution in [1.29, 1.82) is 0 Å². The Labute approximate surface area is 96.9 Å². The van der Waals surface area contributed by atoms with Crippen LogP contribution in [0.5, 0.6) is 5.75 Å². The molecule has 2 N–H and O–H groups in total. The highest BCUT2D eigenvalue weighted by Crippen LogP contribution is 2.39. The molecule has 2 heteroatoms. The highest BCUT2D eigenvalue weighted by Gasteiger charge is 2.29. The van der Waals surface area contributed by atoms with Gasteiger partial charge in [-0.3, -0.25) is 0 Å². The van der Waals surface area contributed by atoms with Gasteiger partial charge in [0.2, 0.25) is 0 Å². The van der Waals surface area contributed by atoms with Crippen LogP contribution in [0.1, 0.15) is 43.7 Å². The third kappa shape index (κ3) is 2.07. The van der Waals surface area contributed by atoms with Crippen molar-refractivity contribution in [2.45, 2.75) is 44.4 Å². The standard InChI is InChI=1S/C14H20O2/c1-14(8-9-15)7-3-2-4-11-10-12(16)5-6-13(11)14/h5-6,10,15-16H,2-4,7-9H2,1H3. The molecular weight excluding hydrogens is 200 g/mol. The Balaban J connectivity index is 2.44. The van der Waals surface area contributed by atoms with Gasteiger partial charge in [0.05, 0.1) is 0 Å². The van der Waals surface area contributed by atoms with Crippen LogP contribution in [-0.2, 0) is 11.8 Å². The molecule has 0 saturated heterocycles. The van der Waals surface area contributed by atoms with Gasteiger partial charge < -0.3 is 10.2 Å². The van der Waals surface area contributed by atoms with E-state index in [1.165, 1.54) is 24.0 Å². The Bertz CT molecular complexity index is 373. The maximum absolute atomic E-state index is 9.53. The number of rotatable bonds is 2. The Morgan fingerprint density at radius 1 is 1.31 bits per heavy atom. The molecule has 1 aliphatic carbocycles. The van der Waals surface area contributed by atoms with Crippen LogP contribution in [0.2, 0.25) is 0 Å². The summed E-state index contributed by atoms with van der Waals surface area (Å²) in [6.07, 6.45) is 5.37. The third-order valence-electron chi connectivity index (χ3n) is 3.83. The van der Waals surface area contributed by atoms with Crippen LogP contribution in [0.15, 0.2) is 18.2 Å². The highest BCUT2D eigenvalue weighted by molar-refractivity contribution is 5.40. The van der Waals surface area contributed by atoms with Gasteiger partial charge in [-0.25, -0.2) is 0 Å². The lowest BCUT2D eigenvalue weighted by atomic mass is 9.75. The maximum Gasteiger partial charge on any atom is 0.115 e. The van der Waals surface area contributed by atoms with Crippen LogP contribution in [0, 0.1) is 0 Å². The first-order valence-corrected chi connectivity index (χ1v) is 6.09. The summed E-state index contributed by atoms with van der Waals surface area (Å²) in [4.78, 5) is 0. The molecule has 0 bridgehead atoms. The second kappa shape index (κ2) is 4.46. The zero-order chi connectivity index (χ0) is 11.6. The van der Waals surface area contributed by atoms with Crippen molar-refractivity contribution >= 4 is 0 Å². The summed E-state index contributed by atoms with van der Waals surface area (Å²) in [5.41, 5.74) is 2.65. The molecule has 0 saturated carbocycles. The Kier molecular flexibility index (Phi) is 3.20. The molecule has 88 valence electrons. The minimum atomic E-state index is 0.0777. The second-order valence-corrected chi connectivity index (χ2v) is 5.08. The Morgan fingerprint density at radius 3 is 2.88 bits per heavy atom. The lowest BCUT2D eigenvalue weighted by molar-refractivity contribution is 0.237. The molecule has 1 aromatic rings. The maximum atomic E-state index is 9.53. The quantitative estimate of drug-likeness (QED) is 0.752. The van der Waals surface area contributed by atoms with Gasteiger partial charge in [-0.1, -0.05) is 19.4 Å². The lowest BCUT2D eigenvalue weighted by Crippen LogP contribution is -2.23. The zero-order valence-corrected chi connectivity index (χ0v) is 9.87. The van der Waals surface area contributed by atoms with E-state index in [2.05, 4.69) is 6.92 Å². The SMILES string of the molecule is CC1(CCO)CCCCc2cc(O)ccc21. The molecule has 0 heterocycles. The summed E-state index contributed by atoms with van der Waals surface area (Å²) >= 11 is 0. The van der Waals surface area contributed by atoms with E-state index in [4.69, 9.17) is 0 Å². The summed E-state index contributed by atoms with van der Waals surface area (Å²) in [5.74, 6) is 0.354. The molecule has 16 heavy (non-hydrogen) atoms. The fraction of sp³-hybridized carbons (Fsp3) is 0.571. The number of hydrogen-bond donors (Lipinski definition) is 2. The Hall–Kier alpha value is -1.02. The number of aromatic hydroxyl groups is 1. The van der Waals surface area contributed by atoms with Gasteiger partial charge >= 0.3 is 0 Å². The molecular formula is C14H20O2. The molecule has 1 unspecified atom stereocenters. The summed E-state index contributed by atoms with van der Waals surface area (Å²) < 4.78 is 0. The van der Waals surface area contributed by atoms with E-state index in [0.717, 1.165) is 19.3 Å². The molecule has 0 radical (unpaired) electrons. The van der Waals surface area contributed by atoms with Gasteiger partial charge in [0.15, 0.2) is 0 Å². The van der Waals surface area contributed by atoms with Crippen molar-refractivity contribution in [3.63, 3.8) is 0 Å². The molecule has 0 aliphatic heterocycles. The number of aliphatic hydroxyl groups is 1. The van der Waals surface area contributed by atoms with Crippen molar-refractivity contribution < 1.29 is 10.2 Å². The predicted molar refractivity (Wildman–Crippen MR) is 64.7 cm³/mol. The first kappa shape index (κ1) is 11.5. The average Bonchev–Trinajstić information content (AvgIpc) is 2.39. The fourth-order valence-corrected chi connectivity index (χ4v) is 2.85. The van der Waals surface area contributed by atoms with E-state index in [1.807, 2.05) is 12.1 Å². The number of fused-ring (bicyclic) bond motifs is 1. The number of phenols is 1. The number of benzene rings is 1. The number of phenolic OH excluding ortho intramolecular Hbond substituents is 1. The minimum absolute atomic E-state index is 0.0777. The van der Waals surface area contributed by atoms with Crippen LogP contribution >= 0.6 is 0 Å². The highest BCUT2D eigenvalue weighted by atomic mass is 16.3. The number of hydrogen-bond acceptors (Lipinski definition) is 2. The van der Waals surface area contributed by atoms with Crippen LogP contribution in [0.25, 0.3) is 0 Å². The van der Waals surface area contributed by atoms with Crippen molar-refractivity contribution in [3.05, 3.63) is 29.3 Å². The van der Waals surface area contributed by atoms with Gasteiger partial charge in [-0.2, -0.15) is 0 Å². The van der Waals surface area contributed by atoms with Gasteiger partial charge in [0.1, 0.15) is 5.75 Å². The van der Waals surface area contributed by atoms with Gasteiger partial charge in [-0.05, 0) is 54.4 Å². The van der Waals surface area contributed by atoms with Gasteiger partial charge in [0.25, 0.3) is 0 Å². The Morgan fingerprint density at radius 2 is 2.12 bits per heavy atom. The van der Waals surface area contributed by atoms with Crippen molar-refractivity contribution in [3.8, 4) is 5.75 Å². The molecule has 0 fully saturated rings. The molecule has 0 spiro atoms. The molecule has 2 rings (SSSR count). The summed E-state index contributed by atoms with van der Waals surface area (Å²) in [6, 6.07) is 5.68. The summed E-state index contributed by atoms with van der Waals surface area (Å²) in [6.45, 7) is 2.46. The van der Waals surface area contributed by atoms with E-state index in [-0.39, 0.29) is 12.0 Å². The smallest absolute Gasteiger partial charge is 0.115 e. The topological polar surface area (TPSA) is 40.5 Å². The van der Waals surface area contributed by atoms with Crippen LogP contribution in [-0.4, -0.2) is 16.8 Å². The monoisotopic (exact) mass is 220 g/mol. The number of aryl methyl sites for hydroxylation is 1. The van der Waals surface area contributed by atoms with Gasteiger partial charge in [-0.15, -0.1) is 0 Å². The summed E-state index contributed by atoms with van der Waals surface area (Å²) in [7, 11) is 0. The second-order valence-electron chi connectivity index (χ2n) is 5.08. The lowest BCUT2D eigenvalue weighted by Gasteiger charge is -2.30. The van der Waals surface area contributed by atoms with Crippen molar-refractivity contribution in [2.75, 3.05) is 6.61 Å². The van der Waals surface area contributed by atoms with Crippen LogP contribution in [0.3, 0.4) is 0 Å². The van der Waals surface area contributed by atoms with E-state index < -0.39 is 0 Å². The first-order valence-electron chi connectivity index (χ1n) is 6.09. The normalized spacial score (nSPS) is 24.9. The molecule has 2 nitrogen and oxygen atoms in total. The molecule has 1 aromatic carbocycles. The fourth-order valence-electron chi connectivity index (χ4n) is 2.85. The van der Waals surface area contributed by atoms with Crippen LogP contribution < -0.4 is 0 Å². The largest absolute Gasteiger partial charge is 0.508 e. The van der Waals surface area contributed by atoms with E-state index in [1.54, 1.807) is 6.07 Å². The molecule has 1 aliphatic rings. The minimum Gasteiger partial charge on any atom is -0.508 e. The zero-order valence-electron chi connectivity index (χ0n) is 9.87. The van der Waals surface area contributed by atoms with Gasteiger partial charge in [0, 0.05) is 6.61 Å². The summed E-state index contributed by atoms with van der Waals surface area (Å²) in [5, 5.41) is 18.7. The first-order chi connectivity index (χ1) is 7.65. The predicted octanol–water partition coefficient (Wildman–Crippen LogP) is 2.76. The molecule has 0 aromatic heterocycles. The third-order valence-corrected chi connectivity index (χ3v) is 3.83. The van der Waals surface area contributed by atoms with E-state index in [0.29, 0.717) is 5.75 Å². The molecule has 1 atom stereocenters.